The van der Waals surface area contributed by atoms with Crippen LogP contribution in [0.1, 0.15) is 51.3 Å². The van der Waals surface area contributed by atoms with Gasteiger partial charge < -0.3 is 30.0 Å². The van der Waals surface area contributed by atoms with Crippen LogP contribution in [0.15, 0.2) is 114 Å². The Kier molecular flexibility index (Phi) is 14.9. The van der Waals surface area contributed by atoms with Crippen molar-refractivity contribution in [3.63, 3.8) is 0 Å². The lowest BCUT2D eigenvalue weighted by molar-refractivity contribution is -0.133. The summed E-state index contributed by atoms with van der Waals surface area (Å²) in [7, 11) is -4.14. The van der Waals surface area contributed by atoms with Crippen LogP contribution in [0.25, 0.3) is 0 Å². The number of carbonyl (C=O) groups excluding carboxylic acids is 3. The maximum atomic E-state index is 14.3. The Morgan fingerprint density at radius 3 is 1.98 bits per heavy atom. The molecule has 1 heterocycles. The largest absolute Gasteiger partial charge is 0.454 e. The Balaban J connectivity index is 1.35. The molecule has 0 unspecified atom stereocenters. The number of fused-ring (bicyclic) bond motifs is 1. The van der Waals surface area contributed by atoms with Gasteiger partial charge in [0, 0.05) is 25.7 Å². The van der Waals surface area contributed by atoms with Crippen LogP contribution in [0.3, 0.4) is 0 Å². The maximum absolute atomic E-state index is 14.3. The van der Waals surface area contributed by atoms with Gasteiger partial charge in [0.1, 0.15) is 19.2 Å². The predicted molar refractivity (Wildman–Crippen MR) is 219 cm³/mol. The van der Waals surface area contributed by atoms with Crippen molar-refractivity contribution < 1.29 is 42.1 Å². The molecule has 13 nitrogen and oxygen atoms in total. The van der Waals surface area contributed by atoms with Crippen LogP contribution < -0.4 is 20.1 Å². The summed E-state index contributed by atoms with van der Waals surface area (Å²) in [5.74, 6) is -0.539. The summed E-state index contributed by atoms with van der Waals surface area (Å²) in [6, 6.07) is 29.9. The molecular weight excluding hydrogens is 761 g/mol. The fourth-order valence-electron chi connectivity index (χ4n) is 6.47. The van der Waals surface area contributed by atoms with E-state index in [-0.39, 0.29) is 50.3 Å². The molecule has 3 amide bonds. The van der Waals surface area contributed by atoms with Gasteiger partial charge in [-0.05, 0) is 46.6 Å². The highest BCUT2D eigenvalue weighted by Crippen LogP contribution is 2.35. The van der Waals surface area contributed by atoms with Crippen molar-refractivity contribution in [2.24, 2.45) is 11.3 Å². The van der Waals surface area contributed by atoms with Gasteiger partial charge in [-0.15, -0.1) is 0 Å². The molecule has 5 rings (SSSR count). The lowest BCUT2D eigenvalue weighted by Gasteiger charge is -2.35. The second-order valence-corrected chi connectivity index (χ2v) is 17.8. The average Bonchev–Trinajstić information content (AvgIpc) is 3.67. The molecule has 3 atom stereocenters. The number of carbonyl (C=O) groups is 3. The molecule has 14 heteroatoms. The molecule has 0 radical (unpaired) electrons. The SMILES string of the molecule is CC(C)CN(C[C@@H](O)[C@H](Cc1ccccc1)NC(=O)[C@@H](NC(=O)CN(Cc1ccccc1)C(=O)OCc1ccccc1)C(C)(C)C)S(=O)(=O)c1ccc2c(c1)OCO2. The Bertz CT molecular complexity index is 2080. The van der Waals surface area contributed by atoms with Crippen molar-refractivity contribution in [1.82, 2.24) is 19.8 Å². The number of hydrogen-bond donors (Lipinski definition) is 3. The minimum atomic E-state index is -4.14. The van der Waals surface area contributed by atoms with Crippen molar-refractivity contribution in [2.45, 2.75) is 77.3 Å². The topological polar surface area (TPSA) is 164 Å². The Labute approximate surface area is 341 Å². The van der Waals surface area contributed by atoms with E-state index < -0.39 is 58.1 Å². The number of nitrogens with zero attached hydrogens (tertiary/aromatic N) is 2. The molecule has 310 valence electrons. The van der Waals surface area contributed by atoms with E-state index in [2.05, 4.69) is 10.6 Å². The van der Waals surface area contributed by atoms with E-state index in [4.69, 9.17) is 14.2 Å². The molecule has 0 bridgehead atoms. The van der Waals surface area contributed by atoms with Crippen molar-refractivity contribution >= 4 is 27.9 Å². The van der Waals surface area contributed by atoms with E-state index in [1.807, 2.05) is 105 Å². The summed E-state index contributed by atoms with van der Waals surface area (Å²) in [4.78, 5) is 42.7. The maximum Gasteiger partial charge on any atom is 0.410 e. The Morgan fingerprint density at radius 2 is 1.38 bits per heavy atom. The van der Waals surface area contributed by atoms with Crippen LogP contribution in [0, 0.1) is 11.3 Å². The van der Waals surface area contributed by atoms with Crippen LogP contribution >= 0.6 is 0 Å². The van der Waals surface area contributed by atoms with Crippen LogP contribution in [0.5, 0.6) is 11.5 Å². The van der Waals surface area contributed by atoms with Crippen LogP contribution in [0.4, 0.5) is 4.79 Å². The quantitative estimate of drug-likeness (QED) is 0.117. The highest BCUT2D eigenvalue weighted by molar-refractivity contribution is 7.89. The lowest BCUT2D eigenvalue weighted by Crippen LogP contribution is -2.59. The first-order valence-corrected chi connectivity index (χ1v) is 20.7. The van der Waals surface area contributed by atoms with Gasteiger partial charge in [0.15, 0.2) is 11.5 Å². The number of aliphatic hydroxyl groups excluding tert-OH is 1. The Hall–Kier alpha value is -5.44. The summed E-state index contributed by atoms with van der Waals surface area (Å²) in [5.41, 5.74) is 1.53. The molecule has 1 aliphatic rings. The van der Waals surface area contributed by atoms with Crippen molar-refractivity contribution in [3.8, 4) is 11.5 Å². The third-order valence-electron chi connectivity index (χ3n) is 9.48. The van der Waals surface area contributed by atoms with E-state index in [0.29, 0.717) is 11.5 Å². The number of amides is 3. The van der Waals surface area contributed by atoms with Crippen molar-refractivity contribution in [1.29, 1.82) is 0 Å². The fraction of sp³-hybridized carbons (Fsp3) is 0.386. The summed E-state index contributed by atoms with van der Waals surface area (Å²) >= 11 is 0. The zero-order valence-corrected chi connectivity index (χ0v) is 34.5. The molecule has 3 N–H and O–H groups in total. The highest BCUT2D eigenvalue weighted by Gasteiger charge is 2.37. The van der Waals surface area contributed by atoms with Gasteiger partial charge in [0.2, 0.25) is 28.6 Å². The van der Waals surface area contributed by atoms with E-state index >= 15 is 0 Å². The summed E-state index contributed by atoms with van der Waals surface area (Å²) in [6.45, 7) is 8.55. The third-order valence-corrected chi connectivity index (χ3v) is 11.3. The van der Waals surface area contributed by atoms with Gasteiger partial charge in [-0.2, -0.15) is 4.31 Å². The molecule has 4 aromatic carbocycles. The minimum Gasteiger partial charge on any atom is -0.454 e. The van der Waals surface area contributed by atoms with Crippen molar-refractivity contribution in [2.75, 3.05) is 26.4 Å². The molecular formula is C44H54N4O9S. The fourth-order valence-corrected chi connectivity index (χ4v) is 8.11. The minimum absolute atomic E-state index is 0.0112. The monoisotopic (exact) mass is 814 g/mol. The second kappa shape index (κ2) is 19.8. The average molecular weight is 815 g/mol. The van der Waals surface area contributed by atoms with E-state index in [0.717, 1.165) is 16.7 Å². The molecule has 0 aliphatic carbocycles. The predicted octanol–water partition coefficient (Wildman–Crippen LogP) is 5.52. The molecule has 0 spiro atoms. The molecule has 4 aromatic rings. The molecule has 1 aliphatic heterocycles. The zero-order valence-electron chi connectivity index (χ0n) is 33.7. The van der Waals surface area contributed by atoms with E-state index in [9.17, 15) is 27.9 Å². The van der Waals surface area contributed by atoms with Gasteiger partial charge in [-0.25, -0.2) is 13.2 Å². The molecule has 0 saturated heterocycles. The van der Waals surface area contributed by atoms with Crippen LogP contribution in [-0.2, 0) is 43.9 Å². The first-order chi connectivity index (χ1) is 27.6. The molecule has 0 saturated carbocycles. The molecule has 58 heavy (non-hydrogen) atoms. The van der Waals surface area contributed by atoms with E-state index in [1.165, 1.54) is 27.4 Å². The molecule has 0 aromatic heterocycles. The second-order valence-electron chi connectivity index (χ2n) is 15.9. The van der Waals surface area contributed by atoms with Crippen LogP contribution in [0.2, 0.25) is 0 Å². The molecule has 0 fully saturated rings. The smallest absolute Gasteiger partial charge is 0.410 e. The van der Waals surface area contributed by atoms with Crippen LogP contribution in [-0.4, -0.2) is 85.3 Å². The number of aliphatic hydroxyl groups is 1. The van der Waals surface area contributed by atoms with Gasteiger partial charge in [0.25, 0.3) is 0 Å². The number of ether oxygens (including phenoxy) is 3. The number of hydrogen-bond acceptors (Lipinski definition) is 9. The number of benzene rings is 4. The van der Waals surface area contributed by atoms with Gasteiger partial charge >= 0.3 is 6.09 Å². The zero-order chi connectivity index (χ0) is 41.9. The highest BCUT2D eigenvalue weighted by atomic mass is 32.2. The number of nitrogens with one attached hydrogen (secondary N) is 2. The van der Waals surface area contributed by atoms with Crippen molar-refractivity contribution in [3.05, 3.63) is 126 Å². The van der Waals surface area contributed by atoms with Gasteiger partial charge in [0.05, 0.1) is 17.0 Å². The summed E-state index contributed by atoms with van der Waals surface area (Å²) < 4.78 is 45.8. The van der Waals surface area contributed by atoms with Gasteiger partial charge in [-0.3, -0.25) is 14.5 Å². The third kappa shape index (κ3) is 12.3. The standard InChI is InChI=1S/C44H54N4O9S/c1-31(2)25-48(58(53,54)35-21-22-38-39(24-35)57-30-56-38)27-37(49)36(23-32-15-9-6-10-16-32)45-42(51)41(44(3,4)5)46-40(50)28-47(26-33-17-11-7-12-18-33)43(52)55-29-34-19-13-8-14-20-34/h6-22,24,31,36-37,41,49H,23,25-30H2,1-5H3,(H,45,51)(H,46,50)/t36-,37+,41+/m0/s1. The summed E-state index contributed by atoms with van der Waals surface area (Å²) in [6.07, 6.45) is -1.91. The van der Waals surface area contributed by atoms with E-state index in [1.54, 1.807) is 20.8 Å². The summed E-state index contributed by atoms with van der Waals surface area (Å²) in [5, 5.41) is 17.7. The normalized spacial score (nSPS) is 14.1. The first-order valence-electron chi connectivity index (χ1n) is 19.3. The Morgan fingerprint density at radius 1 is 0.793 bits per heavy atom. The lowest BCUT2D eigenvalue weighted by atomic mass is 9.85. The van der Waals surface area contributed by atoms with Gasteiger partial charge in [-0.1, -0.05) is 126 Å². The number of sulfonamides is 1. The number of rotatable bonds is 18. The first kappa shape index (κ1) is 43.7.